The summed E-state index contributed by atoms with van der Waals surface area (Å²) < 4.78 is 341. The Morgan fingerprint density at radius 3 is 0.743 bits per heavy atom. The minimum Gasteiger partial charge on any atom is -0.289 e. The van der Waals surface area contributed by atoms with Gasteiger partial charge in [0.25, 0.3) is 0 Å². The zero-order chi connectivity index (χ0) is 53.8. The molecule has 0 fully saturated rings. The van der Waals surface area contributed by atoms with Crippen molar-refractivity contribution in [2.75, 3.05) is 18.3 Å². The molecule has 0 aliphatic heterocycles. The maximum absolute atomic E-state index is 14.2. The fourth-order valence-electron chi connectivity index (χ4n) is 7.30. The van der Waals surface area contributed by atoms with Gasteiger partial charge in [-0.3, -0.25) is 4.79 Å². The van der Waals surface area contributed by atoms with Crippen LogP contribution in [0.1, 0.15) is 60.4 Å². The molecule has 0 aliphatic carbocycles. The molecule has 0 atom stereocenters. The molecule has 1 nitrogen and oxygen atoms in total. The van der Waals surface area contributed by atoms with Crippen LogP contribution in [0.15, 0.2) is 97.1 Å². The lowest BCUT2D eigenvalue weighted by molar-refractivity contribution is -0.144. The topological polar surface area (TPSA) is 17.1 Å². The summed E-state index contributed by atoms with van der Waals surface area (Å²) >= 11 is 0. The van der Waals surface area contributed by atoms with Gasteiger partial charge >= 0.3 is 49.4 Å². The van der Waals surface area contributed by atoms with Crippen molar-refractivity contribution >= 4 is 44.7 Å². The van der Waals surface area contributed by atoms with E-state index in [4.69, 9.17) is 0 Å². The van der Waals surface area contributed by atoms with E-state index in [0.717, 1.165) is 11.1 Å². The van der Waals surface area contributed by atoms with Gasteiger partial charge in [0.05, 0.1) is 57.0 Å². The predicted octanol–water partition coefficient (Wildman–Crippen LogP) is 13.3. The van der Waals surface area contributed by atoms with E-state index in [1.54, 1.807) is 0 Å². The number of carbonyl (C=O) groups excluding carboxylic acids is 1. The fraction of sp³-hybridized carbons (Fsp3) is 0.279. The first-order chi connectivity index (χ1) is 31.4. The van der Waals surface area contributed by atoms with Gasteiger partial charge < -0.3 is 0 Å². The second-order valence-corrected chi connectivity index (χ2v) is 17.9. The molecule has 0 spiro atoms. The fourth-order valence-corrected chi connectivity index (χ4v) is 7.98. The average molecular weight is 1060 g/mol. The molecule has 5 aromatic rings. The highest BCUT2D eigenvalue weighted by Crippen LogP contribution is 2.41. The molecule has 0 aliphatic rings. The third-order valence-electron chi connectivity index (χ3n) is 10.3. The molecule has 382 valence electrons. The summed E-state index contributed by atoms with van der Waals surface area (Å²) in [6.45, 7) is 1.98. The largest absolute Gasteiger partial charge is 0.416 e. The minimum absolute atomic E-state index is 0.196. The van der Waals surface area contributed by atoms with Crippen LogP contribution in [0.25, 0.3) is 0 Å². The van der Waals surface area contributed by atoms with E-state index in [1.807, 2.05) is 31.2 Å². The molecule has 5 rings (SSSR count). The molecule has 27 heteroatoms. The van der Waals surface area contributed by atoms with Crippen molar-refractivity contribution in [3.05, 3.63) is 153 Å². The standard InChI is InChI=1S/C32H12BF24.C11H15OS/c34-25(35,36)13-1-14(26(37,38)39)6-21(5-13)33(22-7-15(27(40,41)42)2-16(8-22)28(43,44)45,23-9-17(29(46,47)48)3-18(10-23)30(49,50)51)24-11-19(31(52,53)54)4-20(12-24)32(55,56)57;1-9-6-4-5-7-10(9)11(12)8-13(2)3/h1-12H;4-7H,8H2,1-3H3/q-1;+1. The number of alkyl halides is 24. The van der Waals surface area contributed by atoms with Crippen molar-refractivity contribution in [1.82, 2.24) is 0 Å². The van der Waals surface area contributed by atoms with Crippen LogP contribution < -0.4 is 21.9 Å². The van der Waals surface area contributed by atoms with Crippen LogP contribution in [0, 0.1) is 6.92 Å². The van der Waals surface area contributed by atoms with Crippen molar-refractivity contribution in [3.8, 4) is 0 Å². The zero-order valence-corrected chi connectivity index (χ0v) is 35.7. The van der Waals surface area contributed by atoms with Gasteiger partial charge in [0.15, 0.2) is 5.75 Å². The third-order valence-corrected chi connectivity index (χ3v) is 11.1. The molecule has 70 heavy (non-hydrogen) atoms. The first-order valence-corrected chi connectivity index (χ1v) is 21.1. The second-order valence-electron chi connectivity index (χ2n) is 15.6. The Balaban J connectivity index is 0.000000707. The number of halogens is 24. The van der Waals surface area contributed by atoms with Gasteiger partial charge in [-0.1, -0.05) is 72.8 Å². The van der Waals surface area contributed by atoms with Crippen LogP contribution in [0.3, 0.4) is 0 Å². The van der Waals surface area contributed by atoms with E-state index in [2.05, 4.69) is 12.5 Å². The van der Waals surface area contributed by atoms with Crippen LogP contribution >= 0.6 is 0 Å². The van der Waals surface area contributed by atoms with Gasteiger partial charge in [0, 0.05) is 5.56 Å². The van der Waals surface area contributed by atoms with Gasteiger partial charge in [-0.15, -0.1) is 0 Å². The third kappa shape index (κ3) is 13.3. The highest BCUT2D eigenvalue weighted by Gasteiger charge is 2.47. The van der Waals surface area contributed by atoms with Crippen molar-refractivity contribution in [3.63, 3.8) is 0 Å². The average Bonchev–Trinajstić information content (AvgIpc) is 3.18. The van der Waals surface area contributed by atoms with Crippen molar-refractivity contribution in [2.24, 2.45) is 0 Å². The van der Waals surface area contributed by atoms with Crippen LogP contribution in [0.4, 0.5) is 105 Å². The Hall–Kier alpha value is -5.50. The summed E-state index contributed by atoms with van der Waals surface area (Å²) in [7, 11) is 0.196. The first kappa shape index (κ1) is 57.1. The van der Waals surface area contributed by atoms with Gasteiger partial charge in [-0.05, 0) is 47.6 Å². The van der Waals surface area contributed by atoms with Crippen molar-refractivity contribution < 1.29 is 110 Å². The lowest BCUT2D eigenvalue weighted by Gasteiger charge is -2.46. The quantitative estimate of drug-likeness (QED) is 0.0687. The van der Waals surface area contributed by atoms with Gasteiger partial charge in [0.1, 0.15) is 6.15 Å². The van der Waals surface area contributed by atoms with E-state index in [0.29, 0.717) is 5.75 Å². The number of rotatable bonds is 7. The molecule has 0 bridgehead atoms. The van der Waals surface area contributed by atoms with E-state index in [9.17, 15) is 110 Å². The maximum Gasteiger partial charge on any atom is 0.416 e. The number of hydrogen-bond donors (Lipinski definition) is 0. The summed E-state index contributed by atoms with van der Waals surface area (Å²) in [6.07, 6.45) is -50.6. The molecule has 0 radical (unpaired) electrons. The number of carbonyl (C=O) groups is 1. The molecule has 0 aromatic heterocycles. The summed E-state index contributed by atoms with van der Waals surface area (Å²) in [4.78, 5) is 11.7. The normalized spacial score (nSPS) is 13.6. The van der Waals surface area contributed by atoms with E-state index in [-0.39, 0.29) is 16.7 Å². The molecular formula is C43H27BF24OS. The number of hydrogen-bond acceptors (Lipinski definition) is 1. The van der Waals surface area contributed by atoms with Crippen molar-refractivity contribution in [1.29, 1.82) is 0 Å². The smallest absolute Gasteiger partial charge is 0.289 e. The van der Waals surface area contributed by atoms with Crippen LogP contribution in [-0.4, -0.2) is 30.2 Å². The van der Waals surface area contributed by atoms with Crippen LogP contribution in [0.2, 0.25) is 0 Å². The van der Waals surface area contributed by atoms with Crippen LogP contribution in [0.5, 0.6) is 0 Å². The minimum atomic E-state index is -6.13. The molecular weight excluding hydrogens is 1030 g/mol. The van der Waals surface area contributed by atoms with Crippen molar-refractivity contribution in [2.45, 2.75) is 56.3 Å². The number of Topliss-reactive ketones (excluding diaryl/α,β-unsaturated/α-hetero) is 1. The summed E-state index contributed by atoms with van der Waals surface area (Å²) in [5.74, 6) is 0.941. The highest BCUT2D eigenvalue weighted by atomic mass is 32.2. The molecule has 0 unspecified atom stereocenters. The Morgan fingerprint density at radius 2 is 0.571 bits per heavy atom. The van der Waals surface area contributed by atoms with Gasteiger partial charge in [-0.25, -0.2) is 0 Å². The Labute approximate surface area is 381 Å². The lowest BCUT2D eigenvalue weighted by atomic mass is 9.12. The SMILES string of the molecule is Cc1ccccc1C(=O)C[S+](C)C.FC(F)(F)c1cc([B-](c2cc(C(F)(F)F)cc(C(F)(F)F)c2)(c2cc(C(F)(F)F)cc(C(F)(F)F)c2)c2cc(C(F)(F)F)cc(C(F)(F)F)c2)cc(C(F)(F)F)c1. The zero-order valence-electron chi connectivity index (χ0n) is 34.9. The Kier molecular flexibility index (Phi) is 15.7. The molecule has 0 saturated heterocycles. The lowest BCUT2D eigenvalue weighted by Crippen LogP contribution is -2.75. The maximum atomic E-state index is 14.2. The monoisotopic (exact) mass is 1060 g/mol. The molecule has 0 saturated carbocycles. The molecule has 0 heterocycles. The summed E-state index contributed by atoms with van der Waals surface area (Å²) in [6, 6.07) is -1.04. The highest BCUT2D eigenvalue weighted by molar-refractivity contribution is 7.96. The van der Waals surface area contributed by atoms with Crippen LogP contribution in [-0.2, 0) is 60.3 Å². The van der Waals surface area contributed by atoms with Gasteiger partial charge in [0.2, 0.25) is 5.78 Å². The predicted molar refractivity (Wildman–Crippen MR) is 210 cm³/mol. The summed E-state index contributed by atoms with van der Waals surface area (Å²) in [5, 5.41) is 0. The number of ketones is 1. The Bertz CT molecular complexity index is 2260. The van der Waals surface area contributed by atoms with E-state index < -0.39 is 195 Å². The molecule has 0 N–H and O–H groups in total. The number of benzene rings is 5. The number of aryl methyl sites for hydroxylation is 1. The summed E-state index contributed by atoms with van der Waals surface area (Å²) in [5.41, 5.74) is -28.2. The Morgan fingerprint density at radius 1 is 0.371 bits per heavy atom. The first-order valence-electron chi connectivity index (χ1n) is 18.9. The molecule has 5 aromatic carbocycles. The van der Waals surface area contributed by atoms with Gasteiger partial charge in [-0.2, -0.15) is 127 Å². The van der Waals surface area contributed by atoms with E-state index in [1.165, 1.54) is 0 Å². The molecule has 0 amide bonds. The van der Waals surface area contributed by atoms with E-state index >= 15 is 0 Å². The second kappa shape index (κ2) is 19.3.